The fourth-order valence-electron chi connectivity index (χ4n) is 3.76. The summed E-state index contributed by atoms with van der Waals surface area (Å²) >= 11 is 0. The lowest BCUT2D eigenvalue weighted by Crippen LogP contribution is -2.50. The van der Waals surface area contributed by atoms with E-state index < -0.39 is 0 Å². The maximum atomic E-state index is 12.8. The molecule has 2 heterocycles. The molecule has 0 radical (unpaired) electrons. The first kappa shape index (κ1) is 23.8. The molecule has 0 unspecified atom stereocenters. The van der Waals surface area contributed by atoms with Gasteiger partial charge in [-0.3, -0.25) is 14.5 Å². The molecular formula is C24H34N4O4. The Morgan fingerprint density at radius 2 is 1.75 bits per heavy atom. The zero-order valence-corrected chi connectivity index (χ0v) is 19.5. The van der Waals surface area contributed by atoms with E-state index in [1.165, 1.54) is 11.8 Å². The van der Waals surface area contributed by atoms with Crippen LogP contribution in [0.15, 0.2) is 34.9 Å². The van der Waals surface area contributed by atoms with Crippen LogP contribution in [0, 0.1) is 0 Å². The molecule has 1 fully saturated rings. The Kier molecular flexibility index (Phi) is 8.27. The Balaban J connectivity index is 1.62. The average molecular weight is 443 g/mol. The highest BCUT2D eigenvalue weighted by molar-refractivity contribution is 5.92. The zero-order valence-electron chi connectivity index (χ0n) is 19.5. The van der Waals surface area contributed by atoms with Crippen molar-refractivity contribution in [2.45, 2.75) is 53.2 Å². The van der Waals surface area contributed by atoms with E-state index in [-0.39, 0.29) is 11.8 Å². The van der Waals surface area contributed by atoms with Gasteiger partial charge in [0.05, 0.1) is 13.2 Å². The summed E-state index contributed by atoms with van der Waals surface area (Å²) in [6.07, 6.45) is 2.44. The third-order valence-corrected chi connectivity index (χ3v) is 5.96. The molecule has 8 nitrogen and oxygen atoms in total. The Hall–Kier alpha value is -2.87. The van der Waals surface area contributed by atoms with E-state index in [0.29, 0.717) is 57.0 Å². The Bertz CT molecular complexity index is 888. The number of nitrogens with zero attached hydrogens (tertiary/aromatic N) is 4. The minimum Gasteiger partial charge on any atom is -0.494 e. The number of hydrogen-bond acceptors (Lipinski definition) is 6. The lowest BCUT2D eigenvalue weighted by molar-refractivity contribution is -0.130. The molecule has 32 heavy (non-hydrogen) atoms. The molecule has 1 aromatic carbocycles. The number of ether oxygens (including phenoxy) is 1. The van der Waals surface area contributed by atoms with Gasteiger partial charge in [0, 0.05) is 45.7 Å². The van der Waals surface area contributed by atoms with Crippen LogP contribution in [0.5, 0.6) is 5.75 Å². The molecule has 1 aromatic heterocycles. The molecule has 1 aliphatic heterocycles. The van der Waals surface area contributed by atoms with Crippen LogP contribution < -0.4 is 4.74 Å². The van der Waals surface area contributed by atoms with Gasteiger partial charge in [0.25, 0.3) is 5.91 Å². The fourth-order valence-corrected chi connectivity index (χ4v) is 3.76. The number of oxazole rings is 1. The quantitative estimate of drug-likeness (QED) is 0.594. The van der Waals surface area contributed by atoms with E-state index in [2.05, 4.69) is 35.9 Å². The minimum absolute atomic E-state index is 0.0403. The Morgan fingerprint density at radius 1 is 1.09 bits per heavy atom. The molecule has 3 rings (SSSR count). The van der Waals surface area contributed by atoms with Gasteiger partial charge in [0.2, 0.25) is 11.8 Å². The fraction of sp³-hybridized carbons (Fsp3) is 0.542. The van der Waals surface area contributed by atoms with Crippen molar-refractivity contribution in [3.63, 3.8) is 0 Å². The number of aromatic nitrogens is 1. The summed E-state index contributed by atoms with van der Waals surface area (Å²) in [4.78, 5) is 34.6. The van der Waals surface area contributed by atoms with Crippen LogP contribution in [0.1, 0.15) is 56.1 Å². The zero-order chi connectivity index (χ0) is 23.1. The van der Waals surface area contributed by atoms with Crippen molar-refractivity contribution in [3.05, 3.63) is 47.7 Å². The molecular weight excluding hydrogens is 408 g/mol. The second-order valence-electron chi connectivity index (χ2n) is 8.16. The summed E-state index contributed by atoms with van der Waals surface area (Å²) in [5.41, 5.74) is 1.50. The molecule has 0 spiro atoms. The lowest BCUT2D eigenvalue weighted by Gasteiger charge is -2.33. The summed E-state index contributed by atoms with van der Waals surface area (Å²) in [5.74, 6) is 1.29. The standard InChI is InChI=1S/C24H34N4O4/c1-5-18(3)28(15-20-7-9-21(10-8-20)31-6-2)16-23-25-22(17-32-23)24(30)27-13-11-26(12-14-27)19(4)29/h7-10,17-18H,5-6,11-16H2,1-4H3/t18-/m0/s1. The molecule has 1 saturated heterocycles. The predicted molar refractivity (Wildman–Crippen MR) is 121 cm³/mol. The van der Waals surface area contributed by atoms with E-state index in [0.717, 1.165) is 18.7 Å². The van der Waals surface area contributed by atoms with Gasteiger partial charge in [-0.15, -0.1) is 0 Å². The first-order chi connectivity index (χ1) is 15.4. The van der Waals surface area contributed by atoms with E-state index >= 15 is 0 Å². The Morgan fingerprint density at radius 3 is 2.34 bits per heavy atom. The van der Waals surface area contributed by atoms with Crippen LogP contribution in [0.2, 0.25) is 0 Å². The van der Waals surface area contributed by atoms with Crippen LogP contribution in [0.4, 0.5) is 0 Å². The maximum absolute atomic E-state index is 12.8. The second kappa shape index (κ2) is 11.1. The normalized spacial score (nSPS) is 15.2. The van der Waals surface area contributed by atoms with Crippen LogP contribution in [-0.4, -0.2) is 70.3 Å². The molecule has 1 atom stereocenters. The smallest absolute Gasteiger partial charge is 0.275 e. The first-order valence-corrected chi connectivity index (χ1v) is 11.4. The van der Waals surface area contributed by atoms with Crippen molar-refractivity contribution >= 4 is 11.8 Å². The van der Waals surface area contributed by atoms with Crippen molar-refractivity contribution in [2.24, 2.45) is 0 Å². The van der Waals surface area contributed by atoms with Crippen LogP contribution >= 0.6 is 0 Å². The molecule has 2 aromatic rings. The van der Waals surface area contributed by atoms with Crippen molar-refractivity contribution in [3.8, 4) is 5.75 Å². The highest BCUT2D eigenvalue weighted by Gasteiger charge is 2.26. The SMILES string of the molecule is CCOc1ccc(CN(Cc2nc(C(=O)N3CCN(C(C)=O)CC3)co2)[C@@H](C)CC)cc1. The molecule has 8 heteroatoms. The highest BCUT2D eigenvalue weighted by atomic mass is 16.5. The summed E-state index contributed by atoms with van der Waals surface area (Å²) in [5, 5.41) is 0. The summed E-state index contributed by atoms with van der Waals surface area (Å²) in [6, 6.07) is 8.45. The van der Waals surface area contributed by atoms with Gasteiger partial charge in [-0.05, 0) is 38.0 Å². The largest absolute Gasteiger partial charge is 0.494 e. The van der Waals surface area contributed by atoms with Crippen LogP contribution in [-0.2, 0) is 17.9 Å². The number of carbonyl (C=O) groups excluding carboxylic acids is 2. The third-order valence-electron chi connectivity index (χ3n) is 5.96. The third kappa shape index (κ3) is 6.09. The molecule has 1 aliphatic rings. The van der Waals surface area contributed by atoms with E-state index in [1.807, 2.05) is 19.1 Å². The molecule has 2 amide bonds. The first-order valence-electron chi connectivity index (χ1n) is 11.4. The predicted octanol–water partition coefficient (Wildman–Crippen LogP) is 3.18. The van der Waals surface area contributed by atoms with Gasteiger partial charge in [-0.1, -0.05) is 19.1 Å². The number of piperazine rings is 1. The van der Waals surface area contributed by atoms with Crippen molar-refractivity contribution in [2.75, 3.05) is 32.8 Å². The van der Waals surface area contributed by atoms with Gasteiger partial charge in [-0.25, -0.2) is 4.98 Å². The molecule has 0 N–H and O–H groups in total. The molecule has 0 aliphatic carbocycles. The van der Waals surface area contributed by atoms with Gasteiger partial charge < -0.3 is 19.0 Å². The minimum atomic E-state index is -0.148. The van der Waals surface area contributed by atoms with Crippen molar-refractivity contribution in [1.82, 2.24) is 19.7 Å². The Labute approximate surface area is 190 Å². The van der Waals surface area contributed by atoms with Crippen LogP contribution in [0.3, 0.4) is 0 Å². The van der Waals surface area contributed by atoms with E-state index in [1.54, 1.807) is 16.7 Å². The number of amides is 2. The average Bonchev–Trinajstić information content (AvgIpc) is 3.27. The maximum Gasteiger partial charge on any atom is 0.275 e. The van der Waals surface area contributed by atoms with Crippen LogP contribution in [0.25, 0.3) is 0 Å². The van der Waals surface area contributed by atoms with Gasteiger partial charge in [0.1, 0.15) is 12.0 Å². The number of rotatable bonds is 9. The molecule has 0 saturated carbocycles. The lowest BCUT2D eigenvalue weighted by atomic mass is 10.1. The van der Waals surface area contributed by atoms with Gasteiger partial charge >= 0.3 is 0 Å². The number of hydrogen-bond donors (Lipinski definition) is 0. The topological polar surface area (TPSA) is 79.1 Å². The number of benzene rings is 1. The summed E-state index contributed by atoms with van der Waals surface area (Å²) in [6.45, 7) is 11.9. The second-order valence-corrected chi connectivity index (χ2v) is 8.16. The van der Waals surface area contributed by atoms with E-state index in [9.17, 15) is 9.59 Å². The van der Waals surface area contributed by atoms with Crippen molar-refractivity contribution in [1.29, 1.82) is 0 Å². The van der Waals surface area contributed by atoms with Gasteiger partial charge in [-0.2, -0.15) is 0 Å². The summed E-state index contributed by atoms with van der Waals surface area (Å²) in [7, 11) is 0. The highest BCUT2D eigenvalue weighted by Crippen LogP contribution is 2.18. The summed E-state index contributed by atoms with van der Waals surface area (Å²) < 4.78 is 11.2. The monoisotopic (exact) mass is 442 g/mol. The van der Waals surface area contributed by atoms with E-state index in [4.69, 9.17) is 9.15 Å². The van der Waals surface area contributed by atoms with Crippen molar-refractivity contribution < 1.29 is 18.7 Å². The number of carbonyl (C=O) groups is 2. The molecule has 174 valence electrons. The van der Waals surface area contributed by atoms with Gasteiger partial charge in [0.15, 0.2) is 5.69 Å². The molecule has 0 bridgehead atoms.